The fourth-order valence-electron chi connectivity index (χ4n) is 1.91. The minimum atomic E-state index is -0.818. The summed E-state index contributed by atoms with van der Waals surface area (Å²) in [5, 5.41) is 2.78. The van der Waals surface area contributed by atoms with E-state index >= 15 is 0 Å². The lowest BCUT2D eigenvalue weighted by Gasteiger charge is -2.11. The molecule has 1 heterocycles. The van der Waals surface area contributed by atoms with Crippen LogP contribution < -0.4 is 5.32 Å². The van der Waals surface area contributed by atoms with Crippen LogP contribution in [0.1, 0.15) is 25.7 Å². The summed E-state index contributed by atoms with van der Waals surface area (Å²) in [4.78, 5) is 27.6. The molecule has 3 rings (SSSR count). The molecule has 1 aliphatic carbocycles. The Labute approximate surface area is 127 Å². The average Bonchev–Trinajstić information content (AvgIpc) is 3.21. The number of oxazole rings is 1. The summed E-state index contributed by atoms with van der Waals surface area (Å²) in [5.74, 6) is -0.569. The summed E-state index contributed by atoms with van der Waals surface area (Å²) >= 11 is 0. The van der Waals surface area contributed by atoms with Crippen LogP contribution in [0.25, 0.3) is 17.2 Å². The first-order chi connectivity index (χ1) is 10.6. The van der Waals surface area contributed by atoms with Crippen LogP contribution in [0.5, 0.6) is 0 Å². The van der Waals surface area contributed by atoms with Gasteiger partial charge >= 0.3 is 5.97 Å². The van der Waals surface area contributed by atoms with Crippen LogP contribution in [0.3, 0.4) is 0 Å². The minimum absolute atomic E-state index is 0.240. The first kappa shape index (κ1) is 14.3. The van der Waals surface area contributed by atoms with Crippen LogP contribution in [0.2, 0.25) is 0 Å². The third kappa shape index (κ3) is 3.52. The summed E-state index contributed by atoms with van der Waals surface area (Å²) in [7, 11) is 0. The van der Waals surface area contributed by atoms with Crippen molar-refractivity contribution in [3.8, 4) is 0 Å². The van der Waals surface area contributed by atoms with Crippen molar-refractivity contribution >= 4 is 29.1 Å². The van der Waals surface area contributed by atoms with Crippen molar-refractivity contribution in [1.82, 2.24) is 10.3 Å². The number of fused-ring (bicyclic) bond motifs is 1. The van der Waals surface area contributed by atoms with Crippen molar-refractivity contribution in [2.24, 2.45) is 0 Å². The van der Waals surface area contributed by atoms with Gasteiger partial charge in [-0.3, -0.25) is 4.79 Å². The maximum atomic E-state index is 11.7. The fourth-order valence-corrected chi connectivity index (χ4v) is 1.91. The first-order valence-corrected chi connectivity index (χ1v) is 7.16. The number of benzene rings is 1. The zero-order valence-electron chi connectivity index (χ0n) is 12.1. The Hall–Kier alpha value is -2.63. The number of para-hydroxylation sites is 2. The average molecular weight is 300 g/mol. The van der Waals surface area contributed by atoms with Crippen LogP contribution in [0.15, 0.2) is 34.8 Å². The highest BCUT2D eigenvalue weighted by Crippen LogP contribution is 2.19. The standard InChI is InChI=1S/C16H16N2O4/c1-10(16(20)17-11-6-7-11)21-15(19)9-8-14-18-12-4-2-3-5-13(12)22-14/h2-5,8-11H,6-7H2,1H3,(H,17,20)/b9-8+/t10-/m1/s1. The lowest BCUT2D eigenvalue weighted by Crippen LogP contribution is -2.36. The fraction of sp³-hybridized carbons (Fsp3) is 0.312. The Bertz CT molecular complexity index is 698. The van der Waals surface area contributed by atoms with E-state index in [4.69, 9.17) is 9.15 Å². The summed E-state index contributed by atoms with van der Waals surface area (Å²) in [5.41, 5.74) is 1.36. The van der Waals surface area contributed by atoms with Gasteiger partial charge in [0.2, 0.25) is 5.89 Å². The predicted octanol–water partition coefficient (Wildman–Crippen LogP) is 2.05. The Morgan fingerprint density at radius 3 is 2.91 bits per heavy atom. The highest BCUT2D eigenvalue weighted by Gasteiger charge is 2.26. The van der Waals surface area contributed by atoms with Crippen molar-refractivity contribution in [2.75, 3.05) is 0 Å². The lowest BCUT2D eigenvalue weighted by molar-refractivity contribution is -0.150. The molecule has 2 aromatic rings. The lowest BCUT2D eigenvalue weighted by atomic mass is 10.3. The van der Waals surface area contributed by atoms with Gasteiger partial charge in [-0.15, -0.1) is 0 Å². The molecule has 0 spiro atoms. The zero-order chi connectivity index (χ0) is 15.5. The summed E-state index contributed by atoms with van der Waals surface area (Å²) in [6.45, 7) is 1.54. The van der Waals surface area contributed by atoms with Gasteiger partial charge in [0.15, 0.2) is 11.7 Å². The number of carbonyl (C=O) groups excluding carboxylic acids is 2. The largest absolute Gasteiger partial charge is 0.449 e. The van der Waals surface area contributed by atoms with Crippen molar-refractivity contribution in [3.63, 3.8) is 0 Å². The van der Waals surface area contributed by atoms with Crippen LogP contribution in [-0.4, -0.2) is 29.0 Å². The maximum absolute atomic E-state index is 11.7. The molecule has 1 aromatic carbocycles. The summed E-state index contributed by atoms with van der Waals surface area (Å²) in [6, 6.07) is 7.55. The molecule has 1 atom stereocenters. The topological polar surface area (TPSA) is 81.4 Å². The smallest absolute Gasteiger partial charge is 0.331 e. The molecule has 1 N–H and O–H groups in total. The number of nitrogens with zero attached hydrogens (tertiary/aromatic N) is 1. The van der Waals surface area contributed by atoms with Gasteiger partial charge < -0.3 is 14.5 Å². The van der Waals surface area contributed by atoms with E-state index in [9.17, 15) is 9.59 Å². The van der Waals surface area contributed by atoms with Gasteiger partial charge in [0, 0.05) is 18.2 Å². The number of nitrogens with one attached hydrogen (secondary N) is 1. The second-order valence-corrected chi connectivity index (χ2v) is 5.22. The molecule has 6 nitrogen and oxygen atoms in total. The quantitative estimate of drug-likeness (QED) is 0.675. The molecule has 0 unspecified atom stereocenters. The van der Waals surface area contributed by atoms with Gasteiger partial charge in [0.25, 0.3) is 5.91 Å². The number of aromatic nitrogens is 1. The van der Waals surface area contributed by atoms with Crippen molar-refractivity contribution in [2.45, 2.75) is 31.9 Å². The van der Waals surface area contributed by atoms with Crippen LogP contribution in [0.4, 0.5) is 0 Å². The Morgan fingerprint density at radius 2 is 2.18 bits per heavy atom. The number of esters is 1. The summed E-state index contributed by atoms with van der Waals surface area (Å²) in [6.07, 6.45) is 3.79. The molecule has 22 heavy (non-hydrogen) atoms. The Kier molecular flexibility index (Phi) is 3.91. The third-order valence-electron chi connectivity index (χ3n) is 3.26. The van der Waals surface area contributed by atoms with Crippen molar-refractivity contribution in [1.29, 1.82) is 0 Å². The van der Waals surface area contributed by atoms with E-state index in [-0.39, 0.29) is 11.9 Å². The number of carbonyl (C=O) groups is 2. The molecule has 1 fully saturated rings. The first-order valence-electron chi connectivity index (χ1n) is 7.16. The van der Waals surface area contributed by atoms with E-state index in [1.807, 2.05) is 18.2 Å². The minimum Gasteiger partial charge on any atom is -0.449 e. The molecule has 114 valence electrons. The van der Waals surface area contributed by atoms with Crippen LogP contribution in [-0.2, 0) is 14.3 Å². The van der Waals surface area contributed by atoms with E-state index in [1.165, 1.54) is 12.2 Å². The highest BCUT2D eigenvalue weighted by molar-refractivity contribution is 5.90. The van der Waals surface area contributed by atoms with E-state index in [1.54, 1.807) is 13.0 Å². The zero-order valence-corrected chi connectivity index (χ0v) is 12.1. The van der Waals surface area contributed by atoms with E-state index in [2.05, 4.69) is 10.3 Å². The molecular formula is C16H16N2O4. The Balaban J connectivity index is 1.56. The molecule has 1 saturated carbocycles. The van der Waals surface area contributed by atoms with Gasteiger partial charge in [0.05, 0.1) is 0 Å². The van der Waals surface area contributed by atoms with Crippen LogP contribution in [0, 0.1) is 0 Å². The predicted molar refractivity (Wildman–Crippen MR) is 79.8 cm³/mol. The van der Waals surface area contributed by atoms with E-state index < -0.39 is 12.1 Å². The summed E-state index contributed by atoms with van der Waals surface area (Å²) < 4.78 is 10.5. The molecular weight excluding hydrogens is 284 g/mol. The van der Waals surface area contributed by atoms with Gasteiger partial charge in [0.1, 0.15) is 5.52 Å². The highest BCUT2D eigenvalue weighted by atomic mass is 16.5. The monoisotopic (exact) mass is 300 g/mol. The SMILES string of the molecule is C[C@@H](OC(=O)/C=C/c1nc2ccccc2o1)C(=O)NC1CC1. The second-order valence-electron chi connectivity index (χ2n) is 5.22. The van der Waals surface area contributed by atoms with Gasteiger partial charge in [-0.05, 0) is 31.9 Å². The van der Waals surface area contributed by atoms with Crippen LogP contribution >= 0.6 is 0 Å². The van der Waals surface area contributed by atoms with Gasteiger partial charge in [-0.2, -0.15) is 0 Å². The number of ether oxygens (including phenoxy) is 1. The normalized spacial score (nSPS) is 15.9. The van der Waals surface area contributed by atoms with E-state index in [0.29, 0.717) is 17.0 Å². The molecule has 0 saturated heterocycles. The molecule has 1 amide bonds. The molecule has 0 aliphatic heterocycles. The molecule has 1 aromatic heterocycles. The number of hydrogen-bond donors (Lipinski definition) is 1. The number of amides is 1. The Morgan fingerprint density at radius 1 is 1.41 bits per heavy atom. The van der Waals surface area contributed by atoms with Gasteiger partial charge in [-0.1, -0.05) is 12.1 Å². The molecule has 1 aliphatic rings. The number of hydrogen-bond acceptors (Lipinski definition) is 5. The molecule has 0 radical (unpaired) electrons. The van der Waals surface area contributed by atoms with Gasteiger partial charge in [-0.25, -0.2) is 9.78 Å². The van der Waals surface area contributed by atoms with Crippen molar-refractivity contribution in [3.05, 3.63) is 36.2 Å². The van der Waals surface area contributed by atoms with E-state index in [0.717, 1.165) is 12.8 Å². The maximum Gasteiger partial charge on any atom is 0.331 e. The third-order valence-corrected chi connectivity index (χ3v) is 3.26. The second kappa shape index (κ2) is 6.01. The number of rotatable bonds is 5. The molecule has 0 bridgehead atoms. The molecule has 6 heteroatoms. The van der Waals surface area contributed by atoms with Crippen molar-refractivity contribution < 1.29 is 18.7 Å².